The number of amides is 1. The van der Waals surface area contributed by atoms with Gasteiger partial charge in [-0.1, -0.05) is 49.6 Å². The molecule has 0 saturated heterocycles. The third kappa shape index (κ3) is 4.78. The van der Waals surface area contributed by atoms with E-state index in [4.69, 9.17) is 0 Å². The molecule has 0 atom stereocenters. The molecule has 0 aliphatic heterocycles. The molecule has 0 N–H and O–H groups in total. The molecule has 1 aliphatic carbocycles. The largest absolute Gasteiger partial charge is 0.336 e. The molecule has 1 aliphatic rings. The fourth-order valence-corrected chi connectivity index (χ4v) is 5.21. The third-order valence-electron chi connectivity index (χ3n) is 5.25. The predicted octanol–water partition coefficient (Wildman–Crippen LogP) is 4.46. The Hall–Kier alpha value is -2.14. The van der Waals surface area contributed by atoms with E-state index >= 15 is 0 Å². The van der Waals surface area contributed by atoms with E-state index in [-0.39, 0.29) is 11.7 Å². The minimum Gasteiger partial charge on any atom is -0.336 e. The third-order valence-corrected chi connectivity index (χ3v) is 6.95. The van der Waals surface area contributed by atoms with Gasteiger partial charge in [0.05, 0.1) is 10.6 Å². The maximum atomic E-state index is 13.0. The van der Waals surface area contributed by atoms with Crippen LogP contribution in [0.1, 0.15) is 54.9 Å². The molecule has 0 bridgehead atoms. The van der Waals surface area contributed by atoms with Gasteiger partial charge in [-0.25, -0.2) is 8.42 Å². The van der Waals surface area contributed by atoms with Crippen LogP contribution in [0.3, 0.4) is 0 Å². The lowest BCUT2D eigenvalue weighted by Gasteiger charge is -2.33. The summed E-state index contributed by atoms with van der Waals surface area (Å²) in [4.78, 5) is 15.3. The zero-order chi connectivity index (χ0) is 19.3. The van der Waals surface area contributed by atoms with E-state index in [1.54, 1.807) is 54.6 Å². The normalized spacial score (nSPS) is 15.4. The first-order valence-electron chi connectivity index (χ1n) is 9.69. The van der Waals surface area contributed by atoms with Crippen LogP contribution in [-0.4, -0.2) is 31.8 Å². The van der Waals surface area contributed by atoms with Gasteiger partial charge in [0.1, 0.15) is 0 Å². The first-order valence-corrected chi connectivity index (χ1v) is 11.3. The van der Waals surface area contributed by atoms with Crippen LogP contribution in [0.5, 0.6) is 0 Å². The molecule has 0 aromatic heterocycles. The molecule has 5 heteroatoms. The summed E-state index contributed by atoms with van der Waals surface area (Å²) in [6.45, 7) is 2.69. The van der Waals surface area contributed by atoms with Crippen molar-refractivity contribution in [3.05, 3.63) is 65.7 Å². The highest BCUT2D eigenvalue weighted by molar-refractivity contribution is 7.90. The summed E-state index contributed by atoms with van der Waals surface area (Å²) in [5, 5.41) is 0. The van der Waals surface area contributed by atoms with Crippen molar-refractivity contribution in [3.8, 4) is 0 Å². The van der Waals surface area contributed by atoms with Crippen LogP contribution in [0.15, 0.2) is 59.5 Å². The average Bonchev–Trinajstić information content (AvgIpc) is 2.70. The van der Waals surface area contributed by atoms with Crippen molar-refractivity contribution in [3.63, 3.8) is 0 Å². The number of hydrogen-bond acceptors (Lipinski definition) is 3. The van der Waals surface area contributed by atoms with Crippen molar-refractivity contribution in [2.45, 2.75) is 55.7 Å². The Morgan fingerprint density at radius 1 is 1.00 bits per heavy atom. The Morgan fingerprint density at radius 2 is 1.70 bits per heavy atom. The van der Waals surface area contributed by atoms with E-state index in [2.05, 4.69) is 0 Å². The van der Waals surface area contributed by atoms with Gasteiger partial charge in [0.25, 0.3) is 5.91 Å². The number of nitrogens with zero attached hydrogens (tertiary/aromatic N) is 1. The standard InChI is InChI=1S/C22H27NO3S/c1-2-23(20-12-5-3-6-13-20)22(24)19-11-9-10-18(16-19)17-27(25,26)21-14-7-4-8-15-21/h4,7-11,14-16,20H,2-3,5-6,12-13,17H2,1H3. The quantitative estimate of drug-likeness (QED) is 0.738. The number of sulfone groups is 1. The van der Waals surface area contributed by atoms with Gasteiger partial charge < -0.3 is 4.90 Å². The summed E-state index contributed by atoms with van der Waals surface area (Å²) in [5.41, 5.74) is 1.22. The molecular formula is C22H27NO3S. The highest BCUT2D eigenvalue weighted by atomic mass is 32.2. The van der Waals surface area contributed by atoms with Crippen molar-refractivity contribution in [2.75, 3.05) is 6.54 Å². The Bertz CT molecular complexity index is 871. The SMILES string of the molecule is CCN(C(=O)c1cccc(CS(=O)(=O)c2ccccc2)c1)C1CCCCC1. The summed E-state index contributed by atoms with van der Waals surface area (Å²) in [7, 11) is -3.43. The summed E-state index contributed by atoms with van der Waals surface area (Å²) >= 11 is 0. The molecule has 0 spiro atoms. The molecule has 0 unspecified atom stereocenters. The van der Waals surface area contributed by atoms with Crippen LogP contribution < -0.4 is 0 Å². The summed E-state index contributed by atoms with van der Waals surface area (Å²) in [6, 6.07) is 15.8. The fourth-order valence-electron chi connectivity index (χ4n) is 3.85. The number of benzene rings is 2. The molecule has 27 heavy (non-hydrogen) atoms. The van der Waals surface area contributed by atoms with Crippen molar-refractivity contribution in [1.82, 2.24) is 4.90 Å². The summed E-state index contributed by atoms with van der Waals surface area (Å²) < 4.78 is 25.2. The molecule has 0 heterocycles. The van der Waals surface area contributed by atoms with Crippen LogP contribution in [0, 0.1) is 0 Å². The first kappa shape index (κ1) is 19.6. The van der Waals surface area contributed by atoms with E-state index in [1.165, 1.54) is 19.3 Å². The minimum atomic E-state index is -3.43. The van der Waals surface area contributed by atoms with E-state index in [1.807, 2.05) is 11.8 Å². The molecule has 144 valence electrons. The molecule has 2 aromatic rings. The van der Waals surface area contributed by atoms with E-state index < -0.39 is 9.84 Å². The van der Waals surface area contributed by atoms with E-state index in [9.17, 15) is 13.2 Å². The number of carbonyl (C=O) groups is 1. The average molecular weight is 386 g/mol. The molecule has 2 aromatic carbocycles. The Labute approximate surface area is 162 Å². The lowest BCUT2D eigenvalue weighted by Crippen LogP contribution is -2.41. The zero-order valence-electron chi connectivity index (χ0n) is 15.8. The maximum Gasteiger partial charge on any atom is 0.254 e. The van der Waals surface area contributed by atoms with Gasteiger partial charge in [-0.05, 0) is 49.6 Å². The van der Waals surface area contributed by atoms with E-state index in [0.29, 0.717) is 28.6 Å². The Balaban J connectivity index is 1.79. The fraction of sp³-hybridized carbons (Fsp3) is 0.409. The smallest absolute Gasteiger partial charge is 0.254 e. The second-order valence-electron chi connectivity index (χ2n) is 7.16. The van der Waals surface area contributed by atoms with Crippen LogP contribution in [0.2, 0.25) is 0 Å². The molecule has 1 saturated carbocycles. The maximum absolute atomic E-state index is 13.0. The van der Waals surface area contributed by atoms with Gasteiger partial charge >= 0.3 is 0 Å². The van der Waals surface area contributed by atoms with Gasteiger partial charge in [0.2, 0.25) is 0 Å². The van der Waals surface area contributed by atoms with Gasteiger partial charge in [0.15, 0.2) is 9.84 Å². The second-order valence-corrected chi connectivity index (χ2v) is 9.15. The lowest BCUT2D eigenvalue weighted by atomic mass is 9.93. The number of rotatable bonds is 6. The minimum absolute atomic E-state index is 0.00311. The van der Waals surface area contributed by atoms with Crippen LogP contribution in [0.4, 0.5) is 0 Å². The number of hydrogen-bond donors (Lipinski definition) is 0. The van der Waals surface area contributed by atoms with Gasteiger partial charge in [-0.3, -0.25) is 4.79 Å². The van der Waals surface area contributed by atoms with Gasteiger partial charge in [-0.2, -0.15) is 0 Å². The lowest BCUT2D eigenvalue weighted by molar-refractivity contribution is 0.0648. The Morgan fingerprint density at radius 3 is 2.37 bits per heavy atom. The topological polar surface area (TPSA) is 54.5 Å². The Kier molecular flexibility index (Phi) is 6.32. The summed E-state index contributed by atoms with van der Waals surface area (Å²) in [6.07, 6.45) is 5.70. The molecule has 4 nitrogen and oxygen atoms in total. The van der Waals surface area contributed by atoms with Gasteiger partial charge in [-0.15, -0.1) is 0 Å². The molecular weight excluding hydrogens is 358 g/mol. The molecule has 1 fully saturated rings. The van der Waals surface area contributed by atoms with Crippen molar-refractivity contribution in [2.24, 2.45) is 0 Å². The first-order chi connectivity index (χ1) is 13.0. The zero-order valence-corrected chi connectivity index (χ0v) is 16.6. The van der Waals surface area contributed by atoms with Gasteiger partial charge in [0, 0.05) is 18.2 Å². The summed E-state index contributed by atoms with van der Waals surface area (Å²) in [5.74, 6) is -0.100. The van der Waals surface area contributed by atoms with Crippen molar-refractivity contribution in [1.29, 1.82) is 0 Å². The van der Waals surface area contributed by atoms with Crippen LogP contribution in [0.25, 0.3) is 0 Å². The second kappa shape index (κ2) is 8.70. The molecule has 1 amide bonds. The predicted molar refractivity (Wildman–Crippen MR) is 107 cm³/mol. The number of carbonyl (C=O) groups excluding carboxylic acids is 1. The highest BCUT2D eigenvalue weighted by Crippen LogP contribution is 2.24. The van der Waals surface area contributed by atoms with Crippen LogP contribution >= 0.6 is 0 Å². The highest BCUT2D eigenvalue weighted by Gasteiger charge is 2.25. The monoisotopic (exact) mass is 385 g/mol. The molecule has 3 rings (SSSR count). The van der Waals surface area contributed by atoms with Crippen molar-refractivity contribution >= 4 is 15.7 Å². The molecule has 0 radical (unpaired) electrons. The van der Waals surface area contributed by atoms with Crippen molar-refractivity contribution < 1.29 is 13.2 Å². The van der Waals surface area contributed by atoms with E-state index in [0.717, 1.165) is 12.8 Å². The van der Waals surface area contributed by atoms with Crippen LogP contribution in [-0.2, 0) is 15.6 Å².